The number of hydrogen-bond acceptors (Lipinski definition) is 5. The number of carbonyl (C=O) groups is 2. The fourth-order valence-electron chi connectivity index (χ4n) is 3.49. The number of nitrogens with one attached hydrogen (secondary N) is 1. The Labute approximate surface area is 171 Å². The first-order chi connectivity index (χ1) is 14.1. The monoisotopic (exact) mass is 399 g/mol. The summed E-state index contributed by atoms with van der Waals surface area (Å²) in [6.07, 6.45) is 4.40. The van der Waals surface area contributed by atoms with Gasteiger partial charge in [0.05, 0.1) is 18.3 Å². The maximum Gasteiger partial charge on any atom is 0.255 e. The molecule has 0 saturated carbocycles. The molecule has 156 valence electrons. The molecule has 1 aromatic carbocycles. The van der Waals surface area contributed by atoms with Gasteiger partial charge in [0.25, 0.3) is 5.91 Å². The molecule has 7 heteroatoms. The Morgan fingerprint density at radius 3 is 2.72 bits per heavy atom. The first-order valence-electron chi connectivity index (χ1n) is 10.0. The number of likely N-dealkylation sites (tertiary alicyclic amines) is 1. The summed E-state index contributed by atoms with van der Waals surface area (Å²) in [5.74, 6) is 0.0858. The SMILES string of the molecule is CC1OCC(=O)N/C1=C/C(=C\N)C(=O)N1CCC(COCc2ccccc2)CC1. The third-order valence-corrected chi connectivity index (χ3v) is 5.29. The van der Waals surface area contributed by atoms with Crippen LogP contribution < -0.4 is 11.1 Å². The van der Waals surface area contributed by atoms with Crippen molar-refractivity contribution < 1.29 is 19.1 Å². The molecule has 1 unspecified atom stereocenters. The molecule has 0 aliphatic carbocycles. The van der Waals surface area contributed by atoms with Crippen molar-refractivity contribution in [1.29, 1.82) is 0 Å². The number of nitrogens with zero attached hydrogens (tertiary/aromatic N) is 1. The van der Waals surface area contributed by atoms with Crippen molar-refractivity contribution in [2.75, 3.05) is 26.3 Å². The third kappa shape index (κ3) is 5.92. The van der Waals surface area contributed by atoms with Crippen LogP contribution in [0.3, 0.4) is 0 Å². The molecule has 2 aliphatic heterocycles. The molecule has 3 rings (SSSR count). The summed E-state index contributed by atoms with van der Waals surface area (Å²) in [6.45, 7) is 4.48. The molecule has 2 aliphatic rings. The second-order valence-corrected chi connectivity index (χ2v) is 7.46. The van der Waals surface area contributed by atoms with Crippen LogP contribution in [0.5, 0.6) is 0 Å². The van der Waals surface area contributed by atoms with Crippen LogP contribution in [0, 0.1) is 5.92 Å². The average molecular weight is 399 g/mol. The fourth-order valence-corrected chi connectivity index (χ4v) is 3.49. The minimum atomic E-state index is -0.289. The van der Waals surface area contributed by atoms with Gasteiger partial charge >= 0.3 is 0 Å². The Morgan fingerprint density at radius 1 is 1.31 bits per heavy atom. The van der Waals surface area contributed by atoms with Gasteiger partial charge < -0.3 is 25.4 Å². The Kier molecular flexibility index (Phi) is 7.43. The molecule has 3 N–H and O–H groups in total. The van der Waals surface area contributed by atoms with Crippen molar-refractivity contribution in [2.45, 2.75) is 32.5 Å². The van der Waals surface area contributed by atoms with Gasteiger partial charge in [-0.25, -0.2) is 0 Å². The van der Waals surface area contributed by atoms with Gasteiger partial charge in [0.15, 0.2) is 0 Å². The van der Waals surface area contributed by atoms with Crippen LogP contribution in [0.4, 0.5) is 0 Å². The van der Waals surface area contributed by atoms with E-state index in [1.54, 1.807) is 11.0 Å². The van der Waals surface area contributed by atoms with Crippen LogP contribution in [0.25, 0.3) is 0 Å². The van der Waals surface area contributed by atoms with E-state index in [-0.39, 0.29) is 24.5 Å². The number of morpholine rings is 1. The molecule has 0 spiro atoms. The third-order valence-electron chi connectivity index (χ3n) is 5.29. The number of ether oxygens (including phenoxy) is 2. The Morgan fingerprint density at radius 2 is 2.03 bits per heavy atom. The zero-order valence-electron chi connectivity index (χ0n) is 16.8. The van der Waals surface area contributed by atoms with E-state index in [4.69, 9.17) is 15.2 Å². The van der Waals surface area contributed by atoms with Gasteiger partial charge in [-0.1, -0.05) is 30.3 Å². The predicted octanol–water partition coefficient (Wildman–Crippen LogP) is 1.70. The molecule has 2 fully saturated rings. The van der Waals surface area contributed by atoms with Crippen LogP contribution in [0.15, 0.2) is 53.9 Å². The summed E-state index contributed by atoms with van der Waals surface area (Å²) < 4.78 is 11.2. The molecule has 2 saturated heterocycles. The van der Waals surface area contributed by atoms with Crippen LogP contribution >= 0.6 is 0 Å². The van der Waals surface area contributed by atoms with Gasteiger partial charge in [-0.15, -0.1) is 0 Å². The summed E-state index contributed by atoms with van der Waals surface area (Å²) in [4.78, 5) is 26.2. The van der Waals surface area contributed by atoms with Crippen molar-refractivity contribution in [3.05, 3.63) is 59.4 Å². The molecule has 1 aromatic rings. The fraction of sp³-hybridized carbons (Fsp3) is 0.455. The maximum absolute atomic E-state index is 12.8. The van der Waals surface area contributed by atoms with Crippen molar-refractivity contribution in [3.63, 3.8) is 0 Å². The predicted molar refractivity (Wildman–Crippen MR) is 109 cm³/mol. The van der Waals surface area contributed by atoms with E-state index >= 15 is 0 Å². The van der Waals surface area contributed by atoms with Crippen LogP contribution in [0.1, 0.15) is 25.3 Å². The Bertz CT molecular complexity index is 768. The van der Waals surface area contributed by atoms with Crippen LogP contribution in [0.2, 0.25) is 0 Å². The second-order valence-electron chi connectivity index (χ2n) is 7.46. The van der Waals surface area contributed by atoms with Crippen molar-refractivity contribution in [1.82, 2.24) is 10.2 Å². The molecule has 0 radical (unpaired) electrons. The van der Waals surface area contributed by atoms with E-state index in [0.717, 1.165) is 12.8 Å². The molecular formula is C22H29N3O4. The number of rotatable bonds is 6. The average Bonchev–Trinajstić information content (AvgIpc) is 2.75. The molecule has 29 heavy (non-hydrogen) atoms. The standard InChI is InChI=1S/C22H29N3O4/c1-16-20(24-21(26)15-29-16)11-19(12-23)22(27)25-9-7-18(8-10-25)14-28-13-17-5-3-2-4-6-17/h2-6,11-12,16,18H,7-10,13-15,23H2,1H3,(H,24,26)/b19-12+,20-11+. The molecular weight excluding hydrogens is 370 g/mol. The maximum atomic E-state index is 12.8. The summed E-state index contributed by atoms with van der Waals surface area (Å²) in [5.41, 5.74) is 7.77. The van der Waals surface area contributed by atoms with E-state index in [1.165, 1.54) is 11.8 Å². The zero-order chi connectivity index (χ0) is 20.6. The van der Waals surface area contributed by atoms with Crippen molar-refractivity contribution in [3.8, 4) is 0 Å². The number of benzene rings is 1. The van der Waals surface area contributed by atoms with E-state index < -0.39 is 0 Å². The molecule has 0 aromatic heterocycles. The van der Waals surface area contributed by atoms with E-state index in [2.05, 4.69) is 17.4 Å². The highest BCUT2D eigenvalue weighted by Crippen LogP contribution is 2.21. The van der Waals surface area contributed by atoms with Gasteiger partial charge in [0.1, 0.15) is 6.61 Å². The quantitative estimate of drug-likeness (QED) is 0.710. The highest BCUT2D eigenvalue weighted by molar-refractivity contribution is 5.96. The van der Waals surface area contributed by atoms with Gasteiger partial charge in [-0.05, 0) is 37.3 Å². The van der Waals surface area contributed by atoms with Gasteiger partial charge in [0, 0.05) is 31.6 Å². The van der Waals surface area contributed by atoms with E-state index in [1.807, 2.05) is 25.1 Å². The number of carbonyl (C=O) groups excluding carboxylic acids is 2. The summed E-state index contributed by atoms with van der Waals surface area (Å²) in [7, 11) is 0. The summed E-state index contributed by atoms with van der Waals surface area (Å²) >= 11 is 0. The first kappa shape index (κ1) is 21.1. The van der Waals surface area contributed by atoms with Crippen LogP contribution in [-0.2, 0) is 25.7 Å². The Balaban J connectivity index is 1.47. The smallest absolute Gasteiger partial charge is 0.255 e. The normalized spacial score (nSPS) is 22.6. The van der Waals surface area contributed by atoms with Crippen molar-refractivity contribution >= 4 is 11.8 Å². The Hall–Kier alpha value is -2.64. The van der Waals surface area contributed by atoms with Gasteiger partial charge in [-0.2, -0.15) is 0 Å². The highest BCUT2D eigenvalue weighted by atomic mass is 16.5. The largest absolute Gasteiger partial charge is 0.404 e. The topological polar surface area (TPSA) is 93.9 Å². The molecule has 2 heterocycles. The lowest BCUT2D eigenvalue weighted by Gasteiger charge is -2.32. The molecule has 0 bridgehead atoms. The first-order valence-corrected chi connectivity index (χ1v) is 10.0. The second kappa shape index (κ2) is 10.2. The zero-order valence-corrected chi connectivity index (χ0v) is 16.8. The molecule has 2 amide bonds. The lowest BCUT2D eigenvalue weighted by atomic mass is 9.97. The van der Waals surface area contributed by atoms with Gasteiger partial charge in [0.2, 0.25) is 5.91 Å². The molecule has 1 atom stereocenters. The summed E-state index contributed by atoms with van der Waals surface area (Å²) in [6, 6.07) is 10.1. The van der Waals surface area contributed by atoms with E-state index in [0.29, 0.717) is 43.5 Å². The van der Waals surface area contributed by atoms with E-state index in [9.17, 15) is 9.59 Å². The minimum absolute atomic E-state index is 0.0218. The van der Waals surface area contributed by atoms with Gasteiger partial charge in [-0.3, -0.25) is 9.59 Å². The number of nitrogens with two attached hydrogens (primary N) is 1. The lowest BCUT2D eigenvalue weighted by Crippen LogP contribution is -2.42. The minimum Gasteiger partial charge on any atom is -0.404 e. The number of piperidine rings is 1. The summed E-state index contributed by atoms with van der Waals surface area (Å²) in [5, 5.41) is 2.75. The number of hydrogen-bond donors (Lipinski definition) is 2. The van der Waals surface area contributed by atoms with Crippen LogP contribution in [-0.4, -0.2) is 49.1 Å². The van der Waals surface area contributed by atoms with Crippen molar-refractivity contribution in [2.24, 2.45) is 11.7 Å². The highest BCUT2D eigenvalue weighted by Gasteiger charge is 2.26. The molecule has 7 nitrogen and oxygen atoms in total. The number of amides is 2. The lowest BCUT2D eigenvalue weighted by molar-refractivity contribution is -0.130.